The van der Waals surface area contributed by atoms with E-state index >= 15 is 0 Å². The van der Waals surface area contributed by atoms with Crippen molar-refractivity contribution in [1.82, 2.24) is 15.4 Å². The van der Waals surface area contributed by atoms with Crippen molar-refractivity contribution in [2.24, 2.45) is 5.10 Å². The molecule has 2 aliphatic rings. The van der Waals surface area contributed by atoms with Gasteiger partial charge in [-0.1, -0.05) is 0 Å². The molecule has 114 valence electrons. The number of ketones is 1. The molecule has 0 radical (unpaired) electrons. The Morgan fingerprint density at radius 3 is 2.91 bits per heavy atom. The van der Waals surface area contributed by atoms with Crippen LogP contribution in [0.25, 0.3) is 6.08 Å². The second-order valence-corrected chi connectivity index (χ2v) is 5.59. The maximum absolute atomic E-state index is 12.1. The molecule has 2 N–H and O–H groups in total. The lowest BCUT2D eigenvalue weighted by Crippen LogP contribution is -2.13. The molecule has 0 unspecified atom stereocenters. The van der Waals surface area contributed by atoms with E-state index < -0.39 is 0 Å². The van der Waals surface area contributed by atoms with Crippen molar-refractivity contribution in [3.05, 3.63) is 58.7 Å². The van der Waals surface area contributed by atoms with Crippen molar-refractivity contribution in [3.63, 3.8) is 0 Å². The zero-order valence-corrected chi connectivity index (χ0v) is 12.3. The number of fused-ring (bicyclic) bond motifs is 1. The monoisotopic (exact) mass is 306 g/mol. The molecule has 1 aliphatic heterocycles. The number of carbonyl (C=O) groups excluding carboxylic acids is 2. The number of hydrazone groups is 1. The average molecular weight is 306 g/mol. The Morgan fingerprint density at radius 1 is 1.22 bits per heavy atom. The number of aryl methyl sites for hydroxylation is 1. The molecule has 2 aromatic rings. The van der Waals surface area contributed by atoms with Crippen LogP contribution >= 0.6 is 0 Å². The second-order valence-electron chi connectivity index (χ2n) is 5.59. The smallest absolute Gasteiger partial charge is 0.273 e. The normalized spacial score (nSPS) is 18.8. The van der Waals surface area contributed by atoms with Crippen LogP contribution in [0.2, 0.25) is 0 Å². The van der Waals surface area contributed by atoms with Gasteiger partial charge in [-0.25, -0.2) is 5.43 Å². The topological polar surface area (TPSA) is 87.2 Å². The zero-order chi connectivity index (χ0) is 15.8. The van der Waals surface area contributed by atoms with E-state index in [1.807, 2.05) is 12.1 Å². The molecule has 0 fully saturated rings. The Balaban J connectivity index is 1.74. The maximum atomic E-state index is 12.1. The lowest BCUT2D eigenvalue weighted by atomic mass is 9.97. The van der Waals surface area contributed by atoms with Gasteiger partial charge in [0.25, 0.3) is 5.91 Å². The minimum absolute atomic E-state index is 0.157. The number of carbonyl (C=O) groups is 2. The summed E-state index contributed by atoms with van der Waals surface area (Å²) in [5, 5.41) is 4.09. The molecule has 6 nitrogen and oxygen atoms in total. The van der Waals surface area contributed by atoms with E-state index in [9.17, 15) is 9.59 Å². The molecule has 2 aromatic heterocycles. The maximum Gasteiger partial charge on any atom is 0.273 e. The first-order chi connectivity index (χ1) is 11.2. The lowest BCUT2D eigenvalue weighted by Gasteiger charge is -2.08. The number of aromatic amines is 1. The quantitative estimate of drug-likeness (QED) is 0.830. The number of aromatic nitrogens is 2. The van der Waals surface area contributed by atoms with Gasteiger partial charge in [-0.2, -0.15) is 5.10 Å². The van der Waals surface area contributed by atoms with Gasteiger partial charge in [0.15, 0.2) is 5.78 Å². The third kappa shape index (κ3) is 2.38. The van der Waals surface area contributed by atoms with E-state index in [-0.39, 0.29) is 11.7 Å². The van der Waals surface area contributed by atoms with Crippen molar-refractivity contribution in [3.8, 4) is 0 Å². The van der Waals surface area contributed by atoms with E-state index in [1.165, 1.54) is 0 Å². The summed E-state index contributed by atoms with van der Waals surface area (Å²) in [6.45, 7) is 0. The standard InChI is InChI=1S/C17H14N4O2/c22-15-5-1-4-14-12(15)7-11(19-14)8-13-16(20-21-17(13)23)10-3-2-6-18-9-10/h2-3,6-9,19H,1,4-5H2,(H,21,23). The third-order valence-electron chi connectivity index (χ3n) is 4.06. The Kier molecular flexibility index (Phi) is 3.15. The fraction of sp³-hybridized carbons (Fsp3) is 0.176. The highest BCUT2D eigenvalue weighted by Crippen LogP contribution is 2.24. The lowest BCUT2D eigenvalue weighted by molar-refractivity contribution is -0.116. The van der Waals surface area contributed by atoms with E-state index in [4.69, 9.17) is 0 Å². The van der Waals surface area contributed by atoms with Gasteiger partial charge in [0, 0.05) is 41.3 Å². The van der Waals surface area contributed by atoms with Crippen LogP contribution < -0.4 is 5.43 Å². The first-order valence-corrected chi connectivity index (χ1v) is 7.48. The number of nitrogens with zero attached hydrogens (tertiary/aromatic N) is 2. The van der Waals surface area contributed by atoms with E-state index in [0.29, 0.717) is 17.7 Å². The van der Waals surface area contributed by atoms with Crippen LogP contribution in [0.4, 0.5) is 0 Å². The highest BCUT2D eigenvalue weighted by Gasteiger charge is 2.25. The van der Waals surface area contributed by atoms with Crippen LogP contribution in [0.5, 0.6) is 0 Å². The SMILES string of the molecule is O=C1NN=C(c2cccnc2)C1=Cc1cc2c([nH]1)CCCC2=O. The summed E-state index contributed by atoms with van der Waals surface area (Å²) in [6.07, 6.45) is 7.38. The summed E-state index contributed by atoms with van der Waals surface area (Å²) in [6, 6.07) is 5.46. The molecule has 0 atom stereocenters. The molecule has 0 aromatic carbocycles. The highest BCUT2D eigenvalue weighted by molar-refractivity contribution is 6.33. The van der Waals surface area contributed by atoms with E-state index in [2.05, 4.69) is 20.5 Å². The van der Waals surface area contributed by atoms with Crippen molar-refractivity contribution < 1.29 is 9.59 Å². The van der Waals surface area contributed by atoms with Crippen LogP contribution in [0.3, 0.4) is 0 Å². The van der Waals surface area contributed by atoms with Gasteiger partial charge in [-0.05, 0) is 37.1 Å². The van der Waals surface area contributed by atoms with Crippen molar-refractivity contribution in [1.29, 1.82) is 0 Å². The van der Waals surface area contributed by atoms with Gasteiger partial charge in [0.1, 0.15) is 5.71 Å². The number of Topliss-reactive ketones (excluding diaryl/α,β-unsaturated/α-hetero) is 1. The van der Waals surface area contributed by atoms with Gasteiger partial charge in [-0.15, -0.1) is 0 Å². The molecule has 0 saturated carbocycles. The van der Waals surface area contributed by atoms with Crippen molar-refractivity contribution >= 4 is 23.5 Å². The molecule has 23 heavy (non-hydrogen) atoms. The first-order valence-electron chi connectivity index (χ1n) is 7.48. The molecule has 0 saturated heterocycles. The Bertz CT molecular complexity index is 862. The summed E-state index contributed by atoms with van der Waals surface area (Å²) >= 11 is 0. The van der Waals surface area contributed by atoms with Crippen molar-refractivity contribution in [2.75, 3.05) is 0 Å². The minimum atomic E-state index is -0.261. The predicted octanol–water partition coefficient (Wildman–Crippen LogP) is 1.85. The largest absolute Gasteiger partial charge is 0.358 e. The Hall–Kier alpha value is -3.02. The predicted molar refractivity (Wildman–Crippen MR) is 85.0 cm³/mol. The van der Waals surface area contributed by atoms with Crippen LogP contribution in [-0.4, -0.2) is 27.4 Å². The molecule has 0 bridgehead atoms. The van der Waals surface area contributed by atoms with E-state index in [1.54, 1.807) is 24.5 Å². The fourth-order valence-corrected chi connectivity index (χ4v) is 2.95. The summed E-state index contributed by atoms with van der Waals surface area (Å²) in [5.74, 6) is -0.105. The second kappa shape index (κ2) is 5.31. The van der Waals surface area contributed by atoms with Gasteiger partial charge >= 0.3 is 0 Å². The van der Waals surface area contributed by atoms with Gasteiger partial charge in [0.2, 0.25) is 0 Å². The summed E-state index contributed by atoms with van der Waals surface area (Å²) in [7, 11) is 0. The van der Waals surface area contributed by atoms with Crippen LogP contribution in [-0.2, 0) is 11.2 Å². The molecule has 6 heteroatoms. The number of nitrogens with one attached hydrogen (secondary N) is 2. The highest BCUT2D eigenvalue weighted by atomic mass is 16.2. The van der Waals surface area contributed by atoms with Crippen LogP contribution in [0.15, 0.2) is 41.3 Å². The summed E-state index contributed by atoms with van der Waals surface area (Å²) in [4.78, 5) is 31.3. The van der Waals surface area contributed by atoms with Crippen LogP contribution in [0.1, 0.15) is 40.2 Å². The van der Waals surface area contributed by atoms with Gasteiger partial charge in [0.05, 0.1) is 5.57 Å². The number of hydrogen-bond donors (Lipinski definition) is 2. The molecule has 1 aliphatic carbocycles. The summed E-state index contributed by atoms with van der Waals surface area (Å²) < 4.78 is 0. The average Bonchev–Trinajstić information content (AvgIpc) is 3.14. The Morgan fingerprint density at radius 2 is 2.13 bits per heavy atom. The zero-order valence-electron chi connectivity index (χ0n) is 12.3. The molecule has 4 rings (SSSR count). The van der Waals surface area contributed by atoms with E-state index in [0.717, 1.165) is 35.4 Å². The first kappa shape index (κ1) is 13.6. The molecular weight excluding hydrogens is 292 g/mol. The number of H-pyrrole nitrogens is 1. The Labute approximate surface area is 132 Å². The number of amides is 1. The van der Waals surface area contributed by atoms with Gasteiger partial charge < -0.3 is 4.98 Å². The fourth-order valence-electron chi connectivity index (χ4n) is 2.95. The molecular formula is C17H14N4O2. The molecule has 1 amide bonds. The van der Waals surface area contributed by atoms with Crippen molar-refractivity contribution in [2.45, 2.75) is 19.3 Å². The number of rotatable bonds is 2. The van der Waals surface area contributed by atoms with Crippen LogP contribution in [0, 0.1) is 0 Å². The number of hydrogen-bond acceptors (Lipinski definition) is 4. The molecule has 0 spiro atoms. The van der Waals surface area contributed by atoms with Gasteiger partial charge in [-0.3, -0.25) is 14.6 Å². The minimum Gasteiger partial charge on any atom is -0.358 e. The number of pyridine rings is 1. The third-order valence-corrected chi connectivity index (χ3v) is 4.06. The molecule has 3 heterocycles. The summed E-state index contributed by atoms with van der Waals surface area (Å²) in [5.41, 5.74) is 6.70.